The van der Waals surface area contributed by atoms with Crippen LogP contribution in [0.15, 0.2) is 10.9 Å². The molecular formula is C17H23N3O2. The van der Waals surface area contributed by atoms with Crippen LogP contribution in [0.3, 0.4) is 0 Å². The van der Waals surface area contributed by atoms with E-state index in [0.717, 1.165) is 50.0 Å². The minimum absolute atomic E-state index is 0.0180. The highest BCUT2D eigenvalue weighted by atomic mass is 16.2. The second-order valence-electron chi connectivity index (χ2n) is 7.08. The Bertz CT molecular complexity index is 642. The van der Waals surface area contributed by atoms with Crippen LogP contribution in [0.25, 0.3) is 0 Å². The molecule has 5 nitrogen and oxygen atoms in total. The zero-order valence-corrected chi connectivity index (χ0v) is 13.0. The van der Waals surface area contributed by atoms with E-state index in [0.29, 0.717) is 18.4 Å². The van der Waals surface area contributed by atoms with E-state index in [2.05, 4.69) is 5.10 Å². The van der Waals surface area contributed by atoms with Crippen LogP contribution < -0.4 is 5.56 Å². The van der Waals surface area contributed by atoms with E-state index in [4.69, 9.17) is 0 Å². The lowest BCUT2D eigenvalue weighted by Crippen LogP contribution is -2.54. The number of nitrogens with zero attached hydrogens (tertiary/aromatic N) is 3. The molecule has 1 saturated carbocycles. The van der Waals surface area contributed by atoms with Crippen molar-refractivity contribution in [1.29, 1.82) is 0 Å². The van der Waals surface area contributed by atoms with Gasteiger partial charge in [0.2, 0.25) is 5.91 Å². The van der Waals surface area contributed by atoms with Gasteiger partial charge in [0.25, 0.3) is 5.56 Å². The fourth-order valence-corrected chi connectivity index (χ4v) is 3.76. The van der Waals surface area contributed by atoms with Gasteiger partial charge >= 0.3 is 0 Å². The summed E-state index contributed by atoms with van der Waals surface area (Å²) in [5, 5.41) is 4.57. The van der Waals surface area contributed by atoms with E-state index in [1.165, 1.54) is 19.3 Å². The summed E-state index contributed by atoms with van der Waals surface area (Å²) in [5.74, 6) is 0.995. The van der Waals surface area contributed by atoms with E-state index < -0.39 is 0 Å². The molecule has 3 aliphatic rings. The summed E-state index contributed by atoms with van der Waals surface area (Å²) in [6, 6.07) is 1.78. The van der Waals surface area contributed by atoms with E-state index >= 15 is 0 Å². The minimum atomic E-state index is 0.0180. The number of carbonyl (C=O) groups is 1. The van der Waals surface area contributed by atoms with Crippen molar-refractivity contribution in [1.82, 2.24) is 14.7 Å². The molecule has 22 heavy (non-hydrogen) atoms. The number of fused-ring (bicyclic) bond motifs is 1. The van der Waals surface area contributed by atoms with Gasteiger partial charge in [-0.2, -0.15) is 5.10 Å². The lowest BCUT2D eigenvalue weighted by atomic mass is 9.83. The number of rotatable bonds is 3. The molecule has 1 aromatic rings. The Morgan fingerprint density at radius 3 is 2.68 bits per heavy atom. The summed E-state index contributed by atoms with van der Waals surface area (Å²) in [6.45, 7) is 2.24. The van der Waals surface area contributed by atoms with Crippen LogP contribution >= 0.6 is 0 Å². The lowest BCUT2D eigenvalue weighted by molar-refractivity contribution is -0.145. The van der Waals surface area contributed by atoms with Gasteiger partial charge in [-0.15, -0.1) is 0 Å². The van der Waals surface area contributed by atoms with Gasteiger partial charge in [0, 0.05) is 31.0 Å². The highest BCUT2D eigenvalue weighted by Gasteiger charge is 2.36. The first-order valence-corrected chi connectivity index (χ1v) is 8.59. The Morgan fingerprint density at radius 2 is 1.95 bits per heavy atom. The van der Waals surface area contributed by atoms with Crippen molar-refractivity contribution in [3.05, 3.63) is 27.7 Å². The quantitative estimate of drug-likeness (QED) is 0.847. The normalized spacial score (nSPS) is 21.9. The van der Waals surface area contributed by atoms with Crippen LogP contribution in [0.2, 0.25) is 0 Å². The van der Waals surface area contributed by atoms with E-state index in [9.17, 15) is 9.59 Å². The van der Waals surface area contributed by atoms with E-state index in [1.54, 1.807) is 10.7 Å². The van der Waals surface area contributed by atoms with Gasteiger partial charge in [-0.05, 0) is 44.1 Å². The third-order valence-corrected chi connectivity index (χ3v) is 5.43. The van der Waals surface area contributed by atoms with E-state index in [1.807, 2.05) is 4.90 Å². The highest BCUT2D eigenvalue weighted by molar-refractivity contribution is 5.80. The van der Waals surface area contributed by atoms with Crippen LogP contribution in [-0.2, 0) is 24.2 Å². The molecule has 2 aliphatic carbocycles. The minimum Gasteiger partial charge on any atom is -0.342 e. The SMILES string of the molecule is O=C(C1CCC1)N1CC(Cn2nc3c(cc2=O)CCCC3)C1. The molecule has 2 heterocycles. The molecule has 1 amide bonds. The summed E-state index contributed by atoms with van der Waals surface area (Å²) in [4.78, 5) is 26.2. The molecule has 0 spiro atoms. The molecule has 0 N–H and O–H groups in total. The molecule has 1 aliphatic heterocycles. The summed E-state index contributed by atoms with van der Waals surface area (Å²) in [7, 11) is 0. The largest absolute Gasteiger partial charge is 0.342 e. The molecule has 0 radical (unpaired) electrons. The Hall–Kier alpha value is -1.65. The standard InChI is InChI=1S/C17H23N3O2/c21-16-8-14-4-1-2-7-15(14)18-20(16)11-12-9-19(10-12)17(22)13-5-3-6-13/h8,12-13H,1-7,9-11H2. The maximum absolute atomic E-state index is 12.2. The Kier molecular flexibility index (Phi) is 3.51. The summed E-state index contributed by atoms with van der Waals surface area (Å²) in [5.41, 5.74) is 2.26. The third-order valence-electron chi connectivity index (χ3n) is 5.43. The molecule has 0 bridgehead atoms. The van der Waals surface area contributed by atoms with Crippen molar-refractivity contribution in [2.45, 2.75) is 51.5 Å². The predicted octanol–water partition coefficient (Wildman–Crippen LogP) is 1.38. The van der Waals surface area contributed by atoms with Crippen molar-refractivity contribution < 1.29 is 4.79 Å². The number of aryl methyl sites for hydroxylation is 2. The average molecular weight is 301 g/mol. The Labute approximate surface area is 130 Å². The lowest BCUT2D eigenvalue weighted by Gasteiger charge is -2.42. The Morgan fingerprint density at radius 1 is 1.18 bits per heavy atom. The molecule has 4 rings (SSSR count). The molecular weight excluding hydrogens is 278 g/mol. The zero-order valence-electron chi connectivity index (χ0n) is 13.0. The summed E-state index contributed by atoms with van der Waals surface area (Å²) >= 11 is 0. The van der Waals surface area contributed by atoms with Crippen LogP contribution in [0.5, 0.6) is 0 Å². The molecule has 1 aromatic heterocycles. The molecule has 2 fully saturated rings. The summed E-state index contributed by atoms with van der Waals surface area (Å²) in [6.07, 6.45) is 7.64. The van der Waals surface area contributed by atoms with E-state index in [-0.39, 0.29) is 11.5 Å². The maximum atomic E-state index is 12.2. The van der Waals surface area contributed by atoms with Gasteiger partial charge < -0.3 is 4.90 Å². The number of likely N-dealkylation sites (tertiary alicyclic amines) is 1. The highest BCUT2D eigenvalue weighted by Crippen LogP contribution is 2.31. The monoisotopic (exact) mass is 301 g/mol. The maximum Gasteiger partial charge on any atom is 0.267 e. The smallest absolute Gasteiger partial charge is 0.267 e. The van der Waals surface area contributed by atoms with Crippen molar-refractivity contribution in [2.24, 2.45) is 11.8 Å². The van der Waals surface area contributed by atoms with Crippen molar-refractivity contribution in [3.63, 3.8) is 0 Å². The van der Waals surface area contributed by atoms with Crippen molar-refractivity contribution in [2.75, 3.05) is 13.1 Å². The average Bonchev–Trinajstić information content (AvgIpc) is 2.40. The van der Waals surface area contributed by atoms with Crippen LogP contribution in [-0.4, -0.2) is 33.7 Å². The number of hydrogen-bond donors (Lipinski definition) is 0. The number of carbonyl (C=O) groups excluding carboxylic acids is 1. The van der Waals surface area contributed by atoms with Gasteiger partial charge in [-0.25, -0.2) is 4.68 Å². The van der Waals surface area contributed by atoms with Crippen LogP contribution in [0.1, 0.15) is 43.4 Å². The predicted molar refractivity (Wildman–Crippen MR) is 82.6 cm³/mol. The molecule has 0 unspecified atom stereocenters. The van der Waals surface area contributed by atoms with Crippen LogP contribution in [0, 0.1) is 11.8 Å². The number of hydrogen-bond acceptors (Lipinski definition) is 3. The number of amides is 1. The van der Waals surface area contributed by atoms with Gasteiger partial charge in [0.05, 0.1) is 12.2 Å². The van der Waals surface area contributed by atoms with Gasteiger partial charge in [-0.3, -0.25) is 9.59 Å². The van der Waals surface area contributed by atoms with Crippen LogP contribution in [0.4, 0.5) is 0 Å². The fourth-order valence-electron chi connectivity index (χ4n) is 3.76. The Balaban J connectivity index is 1.38. The third kappa shape index (κ3) is 2.46. The molecule has 5 heteroatoms. The first kappa shape index (κ1) is 14.0. The number of aromatic nitrogens is 2. The molecule has 118 valence electrons. The van der Waals surface area contributed by atoms with Gasteiger partial charge in [0.15, 0.2) is 0 Å². The first-order valence-electron chi connectivity index (χ1n) is 8.59. The van der Waals surface area contributed by atoms with Crippen molar-refractivity contribution in [3.8, 4) is 0 Å². The summed E-state index contributed by atoms with van der Waals surface area (Å²) < 4.78 is 1.62. The first-order chi connectivity index (χ1) is 10.7. The van der Waals surface area contributed by atoms with Crippen molar-refractivity contribution >= 4 is 5.91 Å². The second-order valence-corrected chi connectivity index (χ2v) is 7.08. The molecule has 0 atom stereocenters. The fraction of sp³-hybridized carbons (Fsp3) is 0.706. The topological polar surface area (TPSA) is 55.2 Å². The van der Waals surface area contributed by atoms with Gasteiger partial charge in [-0.1, -0.05) is 6.42 Å². The second kappa shape index (κ2) is 5.52. The molecule has 1 saturated heterocycles. The zero-order chi connectivity index (χ0) is 15.1. The van der Waals surface area contributed by atoms with Gasteiger partial charge in [0.1, 0.15) is 0 Å². The molecule has 0 aromatic carbocycles.